The molecule has 1 aromatic carbocycles. The number of rotatable bonds is 4. The molecular formula is C17H19N3O5. The molecule has 0 aliphatic carbocycles. The second kappa shape index (κ2) is 6.92. The van der Waals surface area contributed by atoms with Gasteiger partial charge in [-0.15, -0.1) is 0 Å². The largest absolute Gasteiger partial charge is 0.478 e. The number of ether oxygens (including phenoxy) is 1. The fourth-order valence-corrected chi connectivity index (χ4v) is 2.96. The Morgan fingerprint density at radius 3 is 2.40 bits per heavy atom. The first kappa shape index (κ1) is 16.9. The van der Waals surface area contributed by atoms with Gasteiger partial charge in [0, 0.05) is 38.8 Å². The summed E-state index contributed by atoms with van der Waals surface area (Å²) in [4.78, 5) is 36.9. The molecule has 2 N–H and O–H groups in total. The fraction of sp³-hybridized carbons (Fsp3) is 0.412. The first-order valence-electron chi connectivity index (χ1n) is 8.12. The van der Waals surface area contributed by atoms with Crippen molar-refractivity contribution >= 4 is 23.5 Å². The fourth-order valence-electron chi connectivity index (χ4n) is 2.96. The Hall–Kier alpha value is -2.90. The molecule has 0 atom stereocenters. The smallest absolute Gasteiger partial charge is 0.348 e. The summed E-state index contributed by atoms with van der Waals surface area (Å²) >= 11 is 0. The quantitative estimate of drug-likeness (QED) is 0.838. The lowest BCUT2D eigenvalue weighted by Gasteiger charge is -2.39. The molecule has 2 aliphatic rings. The maximum absolute atomic E-state index is 12.5. The molecule has 2 heterocycles. The zero-order chi connectivity index (χ0) is 17.9. The minimum atomic E-state index is -1.35. The third-order valence-electron chi connectivity index (χ3n) is 4.46. The minimum Gasteiger partial charge on any atom is -0.478 e. The molecule has 2 amide bonds. The van der Waals surface area contributed by atoms with Gasteiger partial charge in [-0.05, 0) is 12.1 Å². The van der Waals surface area contributed by atoms with Gasteiger partial charge >= 0.3 is 5.97 Å². The second-order valence-corrected chi connectivity index (χ2v) is 6.10. The van der Waals surface area contributed by atoms with Crippen molar-refractivity contribution in [2.45, 2.75) is 31.3 Å². The highest BCUT2D eigenvalue weighted by molar-refractivity contribution is 6.39. The third kappa shape index (κ3) is 3.62. The van der Waals surface area contributed by atoms with Crippen LogP contribution in [0.1, 0.15) is 25.7 Å². The summed E-state index contributed by atoms with van der Waals surface area (Å²) in [6.45, 7) is 0.510. The Labute approximate surface area is 144 Å². The molecule has 0 radical (unpaired) electrons. The summed E-state index contributed by atoms with van der Waals surface area (Å²) < 4.78 is 5.77. The predicted octanol–water partition coefficient (Wildman–Crippen LogP) is 0.777. The second-order valence-electron chi connectivity index (χ2n) is 6.10. The zero-order valence-electron chi connectivity index (χ0n) is 13.6. The average Bonchev–Trinajstić information content (AvgIpc) is 2.63. The van der Waals surface area contributed by atoms with Crippen molar-refractivity contribution in [2.75, 3.05) is 13.1 Å². The van der Waals surface area contributed by atoms with Gasteiger partial charge < -0.3 is 14.7 Å². The number of hydrogen-bond donors (Lipinski definition) is 2. The van der Waals surface area contributed by atoms with Crippen molar-refractivity contribution in [3.05, 3.63) is 30.3 Å². The number of piperidine rings is 1. The van der Waals surface area contributed by atoms with Gasteiger partial charge in [0.05, 0.1) is 0 Å². The Kier molecular flexibility index (Phi) is 4.69. The van der Waals surface area contributed by atoms with Crippen molar-refractivity contribution in [1.82, 2.24) is 10.3 Å². The predicted molar refractivity (Wildman–Crippen MR) is 88.1 cm³/mol. The summed E-state index contributed by atoms with van der Waals surface area (Å²) in [7, 11) is 0. The number of nitrogens with one attached hydrogen (secondary N) is 1. The highest BCUT2D eigenvalue weighted by Crippen LogP contribution is 2.29. The number of hydrogen-bond acceptors (Lipinski definition) is 5. The van der Waals surface area contributed by atoms with Gasteiger partial charge in [-0.2, -0.15) is 5.10 Å². The van der Waals surface area contributed by atoms with Gasteiger partial charge in [-0.3, -0.25) is 9.59 Å². The average molecular weight is 345 g/mol. The van der Waals surface area contributed by atoms with Gasteiger partial charge in [-0.1, -0.05) is 18.2 Å². The lowest BCUT2D eigenvalue weighted by Crippen LogP contribution is -2.55. The molecule has 1 fully saturated rings. The SMILES string of the molecule is O=C1CCC(C(=O)N2CCC(Oc3ccccc3)(C(=O)O)CC2)=NN1. The van der Waals surface area contributed by atoms with Gasteiger partial charge in [-0.25, -0.2) is 10.2 Å². The molecule has 132 valence electrons. The molecule has 0 bridgehead atoms. The van der Waals surface area contributed by atoms with E-state index in [1.807, 2.05) is 6.07 Å². The standard InChI is InChI=1S/C17H19N3O5/c21-14-7-6-13(18-19-14)15(22)20-10-8-17(9-11-20,16(23)24)25-12-4-2-1-3-5-12/h1-5H,6-11H2,(H,19,21)(H,23,24). The number of amides is 2. The van der Waals surface area contributed by atoms with Gasteiger partial charge in [0.2, 0.25) is 11.5 Å². The maximum Gasteiger partial charge on any atom is 0.348 e. The van der Waals surface area contributed by atoms with Crippen LogP contribution in [0.5, 0.6) is 5.75 Å². The number of carbonyl (C=O) groups excluding carboxylic acids is 2. The molecule has 1 aromatic rings. The first-order valence-corrected chi connectivity index (χ1v) is 8.12. The Bertz CT molecular complexity index is 708. The van der Waals surface area contributed by atoms with E-state index in [4.69, 9.17) is 4.74 Å². The topological polar surface area (TPSA) is 108 Å². The van der Waals surface area contributed by atoms with E-state index in [0.29, 0.717) is 17.9 Å². The zero-order valence-corrected chi connectivity index (χ0v) is 13.6. The number of nitrogens with zero attached hydrogens (tertiary/aromatic N) is 2. The van der Waals surface area contributed by atoms with Crippen LogP contribution < -0.4 is 10.2 Å². The number of hydrazone groups is 1. The molecule has 0 spiro atoms. The van der Waals surface area contributed by atoms with Crippen LogP contribution in [-0.2, 0) is 14.4 Å². The Balaban J connectivity index is 1.67. The summed E-state index contributed by atoms with van der Waals surface area (Å²) in [6, 6.07) is 8.80. The van der Waals surface area contributed by atoms with E-state index in [9.17, 15) is 19.5 Å². The Morgan fingerprint density at radius 2 is 1.84 bits per heavy atom. The molecular weight excluding hydrogens is 326 g/mol. The molecule has 3 rings (SSSR count). The van der Waals surface area contributed by atoms with E-state index in [2.05, 4.69) is 10.5 Å². The maximum atomic E-state index is 12.5. The van der Waals surface area contributed by atoms with Crippen LogP contribution in [0.15, 0.2) is 35.4 Å². The lowest BCUT2D eigenvalue weighted by atomic mass is 9.90. The molecule has 1 saturated heterocycles. The minimum absolute atomic E-state index is 0.183. The summed E-state index contributed by atoms with van der Waals surface area (Å²) in [5.41, 5.74) is 1.25. The number of benzene rings is 1. The van der Waals surface area contributed by atoms with Crippen molar-refractivity contribution in [3.63, 3.8) is 0 Å². The van der Waals surface area contributed by atoms with E-state index in [-0.39, 0.29) is 44.2 Å². The van der Waals surface area contributed by atoms with Gasteiger partial charge in [0.1, 0.15) is 11.5 Å². The van der Waals surface area contributed by atoms with Crippen molar-refractivity contribution < 1.29 is 24.2 Å². The lowest BCUT2D eigenvalue weighted by molar-refractivity contribution is -0.161. The number of carbonyl (C=O) groups is 3. The van der Waals surface area contributed by atoms with Crippen molar-refractivity contribution in [2.24, 2.45) is 5.10 Å². The van der Waals surface area contributed by atoms with Crippen LogP contribution in [0.25, 0.3) is 0 Å². The molecule has 25 heavy (non-hydrogen) atoms. The monoisotopic (exact) mass is 345 g/mol. The van der Waals surface area contributed by atoms with E-state index >= 15 is 0 Å². The summed E-state index contributed by atoms with van der Waals surface area (Å²) in [6.07, 6.45) is 0.894. The van der Waals surface area contributed by atoms with E-state index in [1.165, 1.54) is 0 Å². The first-order chi connectivity index (χ1) is 12.0. The van der Waals surface area contributed by atoms with Crippen LogP contribution in [0.4, 0.5) is 0 Å². The number of para-hydroxylation sites is 1. The summed E-state index contributed by atoms with van der Waals surface area (Å²) in [5, 5.41) is 13.5. The van der Waals surface area contributed by atoms with Crippen molar-refractivity contribution in [3.8, 4) is 5.75 Å². The molecule has 8 heteroatoms. The number of carboxylic acids is 1. The molecule has 0 unspecified atom stereocenters. The van der Waals surface area contributed by atoms with Crippen LogP contribution >= 0.6 is 0 Å². The highest BCUT2D eigenvalue weighted by Gasteiger charge is 2.45. The highest BCUT2D eigenvalue weighted by atomic mass is 16.5. The number of aliphatic carboxylic acids is 1. The normalized spacial score (nSPS) is 19.6. The van der Waals surface area contributed by atoms with Crippen LogP contribution in [0, 0.1) is 0 Å². The van der Waals surface area contributed by atoms with E-state index in [1.54, 1.807) is 29.2 Å². The van der Waals surface area contributed by atoms with E-state index in [0.717, 1.165) is 0 Å². The third-order valence-corrected chi connectivity index (χ3v) is 4.46. The number of likely N-dealkylation sites (tertiary alicyclic amines) is 1. The molecule has 8 nitrogen and oxygen atoms in total. The summed E-state index contributed by atoms with van der Waals surface area (Å²) in [5.74, 6) is -1.02. The van der Waals surface area contributed by atoms with Crippen LogP contribution in [0.3, 0.4) is 0 Å². The van der Waals surface area contributed by atoms with Crippen molar-refractivity contribution in [1.29, 1.82) is 0 Å². The van der Waals surface area contributed by atoms with Crippen LogP contribution in [-0.4, -0.2) is 52.2 Å². The van der Waals surface area contributed by atoms with E-state index < -0.39 is 11.6 Å². The number of carboxylic acid groups (broad SMARTS) is 1. The van der Waals surface area contributed by atoms with Gasteiger partial charge in [0.15, 0.2) is 0 Å². The molecule has 2 aliphatic heterocycles. The molecule has 0 aromatic heterocycles. The molecule has 0 saturated carbocycles. The van der Waals surface area contributed by atoms with Gasteiger partial charge in [0.25, 0.3) is 5.91 Å². The van der Waals surface area contributed by atoms with Crippen LogP contribution in [0.2, 0.25) is 0 Å². The Morgan fingerprint density at radius 1 is 1.16 bits per heavy atom.